The van der Waals surface area contributed by atoms with Gasteiger partial charge in [-0.05, 0) is 6.92 Å². The molecular formula is C4H6IN. The molecule has 0 aliphatic carbocycles. The zero-order valence-corrected chi connectivity index (χ0v) is 5.74. The summed E-state index contributed by atoms with van der Waals surface area (Å²) in [5, 5.41) is 0. The molecule has 0 aromatic heterocycles. The van der Waals surface area contributed by atoms with Crippen LogP contribution in [-0.2, 0) is 0 Å². The van der Waals surface area contributed by atoms with E-state index in [2.05, 4.69) is 38.2 Å². The van der Waals surface area contributed by atoms with Crippen molar-refractivity contribution in [1.29, 1.82) is 0 Å². The lowest BCUT2D eigenvalue weighted by Gasteiger charge is -1.75. The number of hydrogen-bond donors (Lipinski definition) is 1. The molecule has 0 rings (SSSR count). The van der Waals surface area contributed by atoms with Crippen LogP contribution in [0.15, 0.2) is 0 Å². The predicted molar refractivity (Wildman–Crippen MR) is 35.5 cm³/mol. The highest BCUT2D eigenvalue weighted by Crippen LogP contribution is 1.62. The average molecular weight is 195 g/mol. The molecule has 34 valence electrons. The zero-order valence-electron chi connectivity index (χ0n) is 3.59. The predicted octanol–water partition coefficient (Wildman–Crippen LogP) is 0.949. The SMILES string of the molecule is CC#CCNI. The minimum atomic E-state index is 0.789. The van der Waals surface area contributed by atoms with Gasteiger partial charge in [-0.15, -0.1) is 5.92 Å². The largest absolute Gasteiger partial charge is 0.249 e. The first-order valence-corrected chi connectivity index (χ1v) is 2.72. The number of hydrogen-bond acceptors (Lipinski definition) is 1. The first kappa shape index (κ1) is 6.25. The van der Waals surface area contributed by atoms with Crippen LogP contribution < -0.4 is 3.53 Å². The van der Waals surface area contributed by atoms with E-state index in [9.17, 15) is 0 Å². The summed E-state index contributed by atoms with van der Waals surface area (Å²) < 4.78 is 2.86. The summed E-state index contributed by atoms with van der Waals surface area (Å²) in [6, 6.07) is 0. The van der Waals surface area contributed by atoms with Crippen molar-refractivity contribution in [3.8, 4) is 11.8 Å². The van der Waals surface area contributed by atoms with Crippen LogP contribution in [0.2, 0.25) is 0 Å². The third kappa shape index (κ3) is 4.25. The van der Waals surface area contributed by atoms with E-state index in [1.54, 1.807) is 0 Å². The van der Waals surface area contributed by atoms with E-state index in [1.807, 2.05) is 6.92 Å². The molecule has 0 spiro atoms. The number of nitrogens with one attached hydrogen (secondary N) is 1. The molecule has 0 saturated carbocycles. The zero-order chi connectivity index (χ0) is 4.83. The van der Waals surface area contributed by atoms with Gasteiger partial charge in [-0.2, -0.15) is 0 Å². The highest BCUT2D eigenvalue weighted by atomic mass is 127. The van der Waals surface area contributed by atoms with Gasteiger partial charge in [0.1, 0.15) is 0 Å². The fourth-order valence-electron chi connectivity index (χ4n) is 0.122. The van der Waals surface area contributed by atoms with E-state index in [-0.39, 0.29) is 0 Å². The summed E-state index contributed by atoms with van der Waals surface area (Å²) in [5.41, 5.74) is 0. The van der Waals surface area contributed by atoms with Crippen LogP contribution in [0.5, 0.6) is 0 Å². The molecule has 0 amide bonds. The smallest absolute Gasteiger partial charge is 0.0664 e. The Hall–Kier alpha value is 0.250. The van der Waals surface area contributed by atoms with Crippen LogP contribution in [0, 0.1) is 11.8 Å². The van der Waals surface area contributed by atoms with Crippen molar-refractivity contribution in [3.63, 3.8) is 0 Å². The maximum atomic E-state index is 2.86. The summed E-state index contributed by atoms with van der Waals surface area (Å²) in [5.74, 6) is 5.58. The van der Waals surface area contributed by atoms with Crippen LogP contribution >= 0.6 is 22.9 Å². The number of rotatable bonds is 1. The second kappa shape index (κ2) is 5.25. The third-order valence-electron chi connectivity index (χ3n) is 0.332. The molecule has 1 nitrogen and oxygen atoms in total. The van der Waals surface area contributed by atoms with Gasteiger partial charge < -0.3 is 0 Å². The highest BCUT2D eigenvalue weighted by Gasteiger charge is 1.61. The van der Waals surface area contributed by atoms with Crippen molar-refractivity contribution in [2.75, 3.05) is 6.54 Å². The normalized spacial score (nSPS) is 6.33. The van der Waals surface area contributed by atoms with Gasteiger partial charge in [0.2, 0.25) is 0 Å². The molecule has 0 aliphatic rings. The van der Waals surface area contributed by atoms with E-state index in [0.717, 1.165) is 6.54 Å². The monoisotopic (exact) mass is 195 g/mol. The molecule has 0 bridgehead atoms. The Labute approximate surface area is 52.0 Å². The van der Waals surface area contributed by atoms with Gasteiger partial charge in [0.25, 0.3) is 0 Å². The van der Waals surface area contributed by atoms with Crippen LogP contribution in [-0.4, -0.2) is 6.54 Å². The molecule has 0 aromatic rings. The Kier molecular flexibility index (Phi) is 5.47. The molecule has 0 aromatic carbocycles. The maximum Gasteiger partial charge on any atom is 0.0664 e. The van der Waals surface area contributed by atoms with Crippen molar-refractivity contribution < 1.29 is 0 Å². The van der Waals surface area contributed by atoms with Crippen molar-refractivity contribution in [2.45, 2.75) is 6.92 Å². The van der Waals surface area contributed by atoms with E-state index in [0.29, 0.717) is 0 Å². The maximum absolute atomic E-state index is 2.86. The van der Waals surface area contributed by atoms with E-state index in [4.69, 9.17) is 0 Å². The molecule has 0 fully saturated rings. The van der Waals surface area contributed by atoms with Gasteiger partial charge in [0.05, 0.1) is 6.54 Å². The fourth-order valence-corrected chi connectivity index (χ4v) is 0.312. The second-order valence-electron chi connectivity index (χ2n) is 0.737. The fraction of sp³-hybridized carbons (Fsp3) is 0.500. The van der Waals surface area contributed by atoms with Gasteiger partial charge in [0, 0.05) is 22.9 Å². The average Bonchev–Trinajstić information content (AvgIpc) is 1.61. The van der Waals surface area contributed by atoms with Crippen LogP contribution in [0.3, 0.4) is 0 Å². The van der Waals surface area contributed by atoms with Crippen LogP contribution in [0.4, 0.5) is 0 Å². The van der Waals surface area contributed by atoms with Crippen molar-refractivity contribution in [3.05, 3.63) is 0 Å². The molecule has 2 heteroatoms. The van der Waals surface area contributed by atoms with Crippen LogP contribution in [0.1, 0.15) is 6.92 Å². The molecular weight excluding hydrogens is 189 g/mol. The molecule has 0 atom stereocenters. The Morgan fingerprint density at radius 3 is 2.67 bits per heavy atom. The number of halogens is 1. The summed E-state index contributed by atoms with van der Waals surface area (Å²) >= 11 is 2.06. The summed E-state index contributed by atoms with van der Waals surface area (Å²) in [6.45, 7) is 2.62. The molecule has 0 heterocycles. The first-order chi connectivity index (χ1) is 2.91. The second-order valence-corrected chi connectivity index (χ2v) is 1.50. The third-order valence-corrected chi connectivity index (χ3v) is 0.713. The Balaban J connectivity index is 2.79. The summed E-state index contributed by atoms with van der Waals surface area (Å²) in [6.07, 6.45) is 0. The van der Waals surface area contributed by atoms with Crippen molar-refractivity contribution in [1.82, 2.24) is 3.53 Å². The minimum Gasteiger partial charge on any atom is -0.249 e. The van der Waals surface area contributed by atoms with Crippen molar-refractivity contribution in [2.24, 2.45) is 0 Å². The van der Waals surface area contributed by atoms with E-state index < -0.39 is 0 Å². The Morgan fingerprint density at radius 2 is 2.50 bits per heavy atom. The standard InChI is InChI=1S/C4H6IN/c1-2-3-4-6-5/h6H,4H2,1H3. The van der Waals surface area contributed by atoms with Gasteiger partial charge in [-0.3, -0.25) is 0 Å². The lowest BCUT2D eigenvalue weighted by atomic mass is 10.6. The Morgan fingerprint density at radius 1 is 1.83 bits per heavy atom. The van der Waals surface area contributed by atoms with E-state index in [1.165, 1.54) is 0 Å². The van der Waals surface area contributed by atoms with Crippen molar-refractivity contribution >= 4 is 22.9 Å². The lowest BCUT2D eigenvalue weighted by Crippen LogP contribution is -1.94. The minimum absolute atomic E-state index is 0.789. The van der Waals surface area contributed by atoms with Gasteiger partial charge >= 0.3 is 0 Å². The molecule has 6 heavy (non-hydrogen) atoms. The highest BCUT2D eigenvalue weighted by molar-refractivity contribution is 14.1. The van der Waals surface area contributed by atoms with E-state index >= 15 is 0 Å². The topological polar surface area (TPSA) is 12.0 Å². The first-order valence-electron chi connectivity index (χ1n) is 1.65. The molecule has 0 unspecified atom stereocenters. The molecule has 1 N–H and O–H groups in total. The quantitative estimate of drug-likeness (QED) is 0.373. The molecule has 0 aliphatic heterocycles. The van der Waals surface area contributed by atoms with Gasteiger partial charge in [-0.1, -0.05) is 5.92 Å². The molecule has 0 saturated heterocycles. The summed E-state index contributed by atoms with van der Waals surface area (Å²) in [7, 11) is 0. The van der Waals surface area contributed by atoms with Gasteiger partial charge in [0.15, 0.2) is 0 Å². The summed E-state index contributed by atoms with van der Waals surface area (Å²) in [4.78, 5) is 0. The Bertz CT molecular complexity index is 69.4. The van der Waals surface area contributed by atoms with Crippen LogP contribution in [0.25, 0.3) is 0 Å². The lowest BCUT2D eigenvalue weighted by molar-refractivity contribution is 1.22. The van der Waals surface area contributed by atoms with Gasteiger partial charge in [-0.25, -0.2) is 3.53 Å². The molecule has 0 radical (unpaired) electrons.